The average molecular weight is 511 g/mol. The van der Waals surface area contributed by atoms with E-state index in [-0.39, 0.29) is 11.6 Å². The Hall–Kier alpha value is -4.32. The molecule has 9 nitrogen and oxygen atoms in total. The van der Waals surface area contributed by atoms with Gasteiger partial charge in [0, 0.05) is 49.1 Å². The van der Waals surface area contributed by atoms with Gasteiger partial charge in [0.25, 0.3) is 10.0 Å². The third kappa shape index (κ3) is 4.15. The summed E-state index contributed by atoms with van der Waals surface area (Å²) in [6.07, 6.45) is 5.18. The van der Waals surface area contributed by atoms with E-state index in [1.165, 1.54) is 19.4 Å². The number of halogens is 2. The quantitative estimate of drug-likeness (QED) is 0.369. The summed E-state index contributed by atoms with van der Waals surface area (Å²) >= 11 is 0. The van der Waals surface area contributed by atoms with Gasteiger partial charge >= 0.3 is 0 Å². The van der Waals surface area contributed by atoms with Crippen molar-refractivity contribution in [2.45, 2.75) is 4.90 Å². The highest BCUT2D eigenvalue weighted by Gasteiger charge is 2.22. The van der Waals surface area contributed by atoms with Gasteiger partial charge in [0.2, 0.25) is 5.88 Å². The third-order valence-corrected chi connectivity index (χ3v) is 7.02. The van der Waals surface area contributed by atoms with Crippen LogP contribution in [-0.2, 0) is 24.1 Å². The van der Waals surface area contributed by atoms with Gasteiger partial charge in [0.1, 0.15) is 22.2 Å². The molecule has 5 rings (SSSR count). The minimum absolute atomic E-state index is 0.00232. The molecule has 0 fully saturated rings. The van der Waals surface area contributed by atoms with E-state index in [9.17, 15) is 17.2 Å². The average Bonchev–Trinajstić information content (AvgIpc) is 3.39. The molecule has 0 spiro atoms. The summed E-state index contributed by atoms with van der Waals surface area (Å²) in [5, 5.41) is 9.68. The van der Waals surface area contributed by atoms with Gasteiger partial charge in [0.05, 0.1) is 24.5 Å². The van der Waals surface area contributed by atoms with E-state index >= 15 is 0 Å². The molecule has 12 heteroatoms. The van der Waals surface area contributed by atoms with Gasteiger partial charge < -0.3 is 4.74 Å². The Morgan fingerprint density at radius 2 is 1.78 bits per heavy atom. The topological polar surface area (TPSA) is 104 Å². The number of sulfonamides is 1. The van der Waals surface area contributed by atoms with Gasteiger partial charge in [-0.05, 0) is 35.9 Å². The molecule has 36 heavy (non-hydrogen) atoms. The number of benzene rings is 2. The highest BCUT2D eigenvalue weighted by Crippen LogP contribution is 2.34. The van der Waals surface area contributed by atoms with Crippen LogP contribution < -0.4 is 9.46 Å². The molecule has 0 unspecified atom stereocenters. The van der Waals surface area contributed by atoms with Crippen molar-refractivity contribution >= 4 is 26.6 Å². The van der Waals surface area contributed by atoms with E-state index in [1.807, 2.05) is 38.5 Å². The van der Waals surface area contributed by atoms with Crippen molar-refractivity contribution in [3.05, 3.63) is 72.7 Å². The van der Waals surface area contributed by atoms with Crippen molar-refractivity contribution in [2.24, 2.45) is 14.1 Å². The molecule has 0 bridgehead atoms. The molecular weight excluding hydrogens is 490 g/mol. The number of hydrogen-bond acceptors (Lipinski definition) is 6. The maximum absolute atomic E-state index is 14.2. The molecule has 1 N–H and O–H groups in total. The zero-order chi connectivity index (χ0) is 25.6. The van der Waals surface area contributed by atoms with Crippen LogP contribution in [0.2, 0.25) is 0 Å². The van der Waals surface area contributed by atoms with Crippen LogP contribution in [0.1, 0.15) is 0 Å². The molecule has 0 radical (unpaired) electrons. The fraction of sp³-hybridized carbons (Fsp3) is 0.125. The van der Waals surface area contributed by atoms with Crippen molar-refractivity contribution in [2.75, 3.05) is 11.8 Å². The molecule has 0 saturated carbocycles. The Kier molecular flexibility index (Phi) is 5.67. The first-order valence-electron chi connectivity index (χ1n) is 10.6. The lowest BCUT2D eigenvalue weighted by Gasteiger charge is -2.13. The summed E-state index contributed by atoms with van der Waals surface area (Å²) in [4.78, 5) is 3.52. The first kappa shape index (κ1) is 23.4. The highest BCUT2D eigenvalue weighted by molar-refractivity contribution is 7.92. The molecule has 2 aromatic carbocycles. The van der Waals surface area contributed by atoms with E-state index < -0.39 is 26.6 Å². The van der Waals surface area contributed by atoms with Crippen molar-refractivity contribution < 1.29 is 21.9 Å². The van der Waals surface area contributed by atoms with E-state index in [2.05, 4.69) is 19.9 Å². The summed E-state index contributed by atoms with van der Waals surface area (Å²) in [6, 6.07) is 9.37. The minimum Gasteiger partial charge on any atom is -0.480 e. The summed E-state index contributed by atoms with van der Waals surface area (Å²) in [5.74, 6) is -2.11. The van der Waals surface area contributed by atoms with Gasteiger partial charge in [-0.1, -0.05) is 6.07 Å². The molecule has 0 saturated heterocycles. The maximum atomic E-state index is 14.2. The van der Waals surface area contributed by atoms with Gasteiger partial charge in [-0.3, -0.25) is 14.1 Å². The second kappa shape index (κ2) is 8.72. The third-order valence-electron chi connectivity index (χ3n) is 5.62. The van der Waals surface area contributed by atoms with Crippen molar-refractivity contribution in [3.8, 4) is 28.3 Å². The first-order valence-corrected chi connectivity index (χ1v) is 12.1. The molecular formula is C24H20F2N6O3S. The van der Waals surface area contributed by atoms with Gasteiger partial charge in [-0.25, -0.2) is 22.2 Å². The number of hydrogen-bond donors (Lipinski definition) is 1. The number of anilines is 1. The lowest BCUT2D eigenvalue weighted by molar-refractivity contribution is 0.400. The number of ether oxygens (including phenoxy) is 1. The van der Waals surface area contributed by atoms with E-state index in [0.29, 0.717) is 11.6 Å². The second-order valence-electron chi connectivity index (χ2n) is 8.07. The van der Waals surface area contributed by atoms with E-state index in [4.69, 9.17) is 4.74 Å². The number of fused-ring (bicyclic) bond motifs is 1. The fourth-order valence-electron chi connectivity index (χ4n) is 4.00. The van der Waals surface area contributed by atoms with Crippen molar-refractivity contribution in [3.63, 3.8) is 0 Å². The van der Waals surface area contributed by atoms with Gasteiger partial charge in [0.15, 0.2) is 0 Å². The van der Waals surface area contributed by atoms with Crippen molar-refractivity contribution in [1.29, 1.82) is 0 Å². The predicted molar refractivity (Wildman–Crippen MR) is 130 cm³/mol. The smallest absolute Gasteiger partial charge is 0.264 e. The molecule has 0 aliphatic heterocycles. The number of pyridine rings is 1. The lowest BCUT2D eigenvalue weighted by Crippen LogP contribution is -2.15. The summed E-state index contributed by atoms with van der Waals surface area (Å²) < 4.78 is 64.2. The Balaban J connectivity index is 1.58. The van der Waals surface area contributed by atoms with Crippen LogP contribution in [0.4, 0.5) is 14.5 Å². The first-order chi connectivity index (χ1) is 17.2. The molecule has 0 amide bonds. The van der Waals surface area contributed by atoms with E-state index in [0.717, 1.165) is 39.9 Å². The number of rotatable bonds is 6. The molecule has 184 valence electrons. The summed E-state index contributed by atoms with van der Waals surface area (Å²) in [5.41, 5.74) is 3.85. The normalized spacial score (nSPS) is 11.7. The van der Waals surface area contributed by atoms with Crippen LogP contribution in [0.25, 0.3) is 33.3 Å². The molecule has 3 heterocycles. The van der Waals surface area contributed by atoms with Gasteiger partial charge in [-0.2, -0.15) is 10.2 Å². The number of nitrogens with zero attached hydrogens (tertiary/aromatic N) is 5. The SMILES string of the molecule is COc1ncc(-c2ccc3nn(C)c(-c4cnn(C)c4)c3c2)cc1NS(=O)(=O)c1ccc(F)cc1F. The second-order valence-corrected chi connectivity index (χ2v) is 9.72. The lowest BCUT2D eigenvalue weighted by atomic mass is 10.0. The molecule has 0 aliphatic carbocycles. The Labute approximate surface area is 205 Å². The van der Waals surface area contributed by atoms with Crippen LogP contribution in [0, 0.1) is 11.6 Å². The van der Waals surface area contributed by atoms with Crippen LogP contribution in [0.5, 0.6) is 5.88 Å². The number of aryl methyl sites for hydroxylation is 2. The fourth-order valence-corrected chi connectivity index (χ4v) is 5.11. The number of aromatic nitrogens is 5. The molecule has 3 aromatic heterocycles. The Morgan fingerprint density at radius 3 is 2.47 bits per heavy atom. The van der Waals surface area contributed by atoms with Crippen LogP contribution in [-0.4, -0.2) is 40.1 Å². The van der Waals surface area contributed by atoms with Crippen LogP contribution in [0.3, 0.4) is 0 Å². The molecule has 5 aromatic rings. The highest BCUT2D eigenvalue weighted by atomic mass is 32.2. The van der Waals surface area contributed by atoms with Crippen molar-refractivity contribution in [1.82, 2.24) is 24.5 Å². The molecule has 0 aliphatic rings. The monoisotopic (exact) mass is 510 g/mol. The predicted octanol–water partition coefficient (Wildman–Crippen LogP) is 4.12. The maximum Gasteiger partial charge on any atom is 0.264 e. The Morgan fingerprint density at radius 1 is 0.972 bits per heavy atom. The van der Waals surface area contributed by atoms with E-state index in [1.54, 1.807) is 15.6 Å². The summed E-state index contributed by atoms with van der Waals surface area (Å²) in [6.45, 7) is 0. The largest absolute Gasteiger partial charge is 0.480 e. The molecule has 0 atom stereocenters. The zero-order valence-corrected chi connectivity index (χ0v) is 20.2. The minimum atomic E-state index is -4.40. The van der Waals surface area contributed by atoms with Crippen LogP contribution in [0.15, 0.2) is 66.0 Å². The van der Waals surface area contributed by atoms with Gasteiger partial charge in [-0.15, -0.1) is 0 Å². The van der Waals surface area contributed by atoms with Crippen LogP contribution >= 0.6 is 0 Å². The standard InChI is InChI=1S/C24H20F2N6O3S/c1-31-13-16(12-28-31)23-18-8-14(4-6-20(18)29-32(23)2)15-9-21(24(35-3)27-11-15)30-36(33,34)22-7-5-17(25)10-19(22)26/h4-13,30H,1-3H3. The number of nitrogens with one attached hydrogen (secondary N) is 1. The zero-order valence-electron chi connectivity index (χ0n) is 19.4. The Bertz CT molecular complexity index is 1730. The summed E-state index contributed by atoms with van der Waals surface area (Å²) in [7, 11) is 0.611. The number of methoxy groups -OCH3 is 1.